The van der Waals surface area contributed by atoms with Crippen LogP contribution in [0, 0.1) is 0 Å². The molecule has 6 nitrogen and oxygen atoms in total. The summed E-state index contributed by atoms with van der Waals surface area (Å²) in [6, 6.07) is 4.19. The lowest BCUT2D eigenvalue weighted by Crippen LogP contribution is -2.47. The quantitative estimate of drug-likeness (QED) is 0.886. The van der Waals surface area contributed by atoms with Crippen molar-refractivity contribution >= 4 is 11.9 Å². The second-order valence-electron chi connectivity index (χ2n) is 4.92. The normalized spacial score (nSPS) is 20.8. The van der Waals surface area contributed by atoms with E-state index in [0.717, 1.165) is 12.8 Å². The number of likely N-dealkylation sites (tertiary alicyclic amines) is 1. The Bertz CT molecular complexity index is 556. The molecule has 1 aromatic rings. The number of rotatable bonds is 2. The van der Waals surface area contributed by atoms with Gasteiger partial charge in [-0.1, -0.05) is 0 Å². The van der Waals surface area contributed by atoms with E-state index in [2.05, 4.69) is 0 Å². The first-order valence-corrected chi connectivity index (χ1v) is 6.60. The number of hydrogen-bond acceptors (Lipinski definition) is 4. The maximum Gasteiger partial charge on any atom is 0.326 e. The minimum atomic E-state index is -0.946. The fourth-order valence-electron chi connectivity index (χ4n) is 2.63. The molecule has 1 saturated heterocycles. The Morgan fingerprint density at radius 1 is 1.20 bits per heavy atom. The lowest BCUT2D eigenvalue weighted by molar-refractivity contribution is -0.143. The first kappa shape index (κ1) is 12.8. The summed E-state index contributed by atoms with van der Waals surface area (Å²) in [6.45, 7) is 0.624. The average molecular weight is 277 g/mol. The molecule has 1 aromatic carbocycles. The largest absolute Gasteiger partial charge is 0.480 e. The first-order valence-electron chi connectivity index (χ1n) is 6.60. The Morgan fingerprint density at radius 3 is 2.80 bits per heavy atom. The van der Waals surface area contributed by atoms with E-state index in [9.17, 15) is 14.7 Å². The minimum Gasteiger partial charge on any atom is -0.480 e. The van der Waals surface area contributed by atoms with Gasteiger partial charge in [0.2, 0.25) is 6.79 Å². The maximum atomic E-state index is 12.5. The Balaban J connectivity index is 1.85. The van der Waals surface area contributed by atoms with Crippen LogP contribution < -0.4 is 9.47 Å². The zero-order chi connectivity index (χ0) is 14.1. The fourth-order valence-corrected chi connectivity index (χ4v) is 2.63. The zero-order valence-corrected chi connectivity index (χ0v) is 10.9. The number of hydrogen-bond donors (Lipinski definition) is 1. The molecular formula is C14H15NO5. The van der Waals surface area contributed by atoms with Gasteiger partial charge in [0.1, 0.15) is 6.04 Å². The minimum absolute atomic E-state index is 0.147. The molecule has 1 fully saturated rings. The lowest BCUT2D eigenvalue weighted by atomic mass is 10.0. The van der Waals surface area contributed by atoms with Gasteiger partial charge in [-0.3, -0.25) is 4.79 Å². The summed E-state index contributed by atoms with van der Waals surface area (Å²) in [5.41, 5.74) is 0.433. The zero-order valence-electron chi connectivity index (χ0n) is 10.9. The van der Waals surface area contributed by atoms with Crippen molar-refractivity contribution in [1.29, 1.82) is 0 Å². The summed E-state index contributed by atoms with van der Waals surface area (Å²) in [7, 11) is 0. The molecule has 1 N–H and O–H groups in total. The Kier molecular flexibility index (Phi) is 3.22. The van der Waals surface area contributed by atoms with Crippen molar-refractivity contribution in [3.8, 4) is 11.5 Å². The number of carbonyl (C=O) groups excluding carboxylic acids is 1. The number of carbonyl (C=O) groups is 2. The highest BCUT2D eigenvalue weighted by atomic mass is 16.7. The summed E-state index contributed by atoms with van der Waals surface area (Å²) in [6.07, 6.45) is 2.17. The van der Waals surface area contributed by atoms with E-state index in [1.165, 1.54) is 4.90 Å². The van der Waals surface area contributed by atoms with Crippen molar-refractivity contribution in [2.45, 2.75) is 25.3 Å². The van der Waals surface area contributed by atoms with Crippen LogP contribution in [0.5, 0.6) is 11.5 Å². The first-order chi connectivity index (χ1) is 9.66. The van der Waals surface area contributed by atoms with Gasteiger partial charge in [0, 0.05) is 12.1 Å². The number of piperidine rings is 1. The van der Waals surface area contributed by atoms with E-state index >= 15 is 0 Å². The number of benzene rings is 1. The van der Waals surface area contributed by atoms with Crippen LogP contribution in [-0.4, -0.2) is 41.3 Å². The molecular weight excluding hydrogens is 262 g/mol. The molecule has 20 heavy (non-hydrogen) atoms. The molecule has 0 aliphatic carbocycles. The van der Waals surface area contributed by atoms with Crippen molar-refractivity contribution in [3.05, 3.63) is 23.8 Å². The number of aliphatic carboxylic acids is 1. The molecule has 0 spiro atoms. The SMILES string of the molecule is O=C(O)[C@H]1CCCCN1C(=O)c1ccc2c(c1)OCO2. The van der Waals surface area contributed by atoms with Gasteiger partial charge in [0.15, 0.2) is 11.5 Å². The number of carboxylic acid groups (broad SMARTS) is 1. The van der Waals surface area contributed by atoms with E-state index in [0.29, 0.717) is 30.0 Å². The maximum absolute atomic E-state index is 12.5. The van der Waals surface area contributed by atoms with E-state index in [1.54, 1.807) is 18.2 Å². The smallest absolute Gasteiger partial charge is 0.326 e. The van der Waals surface area contributed by atoms with Crippen LogP contribution >= 0.6 is 0 Å². The highest BCUT2D eigenvalue weighted by molar-refractivity contribution is 5.97. The standard InChI is InChI=1S/C14H15NO5/c16-13(15-6-2-1-3-10(15)14(17)18)9-4-5-11-12(7-9)20-8-19-11/h4-5,7,10H,1-3,6,8H2,(H,17,18)/t10-/m1/s1. The van der Waals surface area contributed by atoms with Crippen LogP contribution in [-0.2, 0) is 4.79 Å². The second kappa shape index (κ2) is 5.03. The van der Waals surface area contributed by atoms with Crippen molar-refractivity contribution in [1.82, 2.24) is 4.90 Å². The molecule has 3 rings (SSSR count). The van der Waals surface area contributed by atoms with E-state index in [1.807, 2.05) is 0 Å². The average Bonchev–Trinajstić information content (AvgIpc) is 2.93. The van der Waals surface area contributed by atoms with Crippen LogP contribution in [0.2, 0.25) is 0 Å². The van der Waals surface area contributed by atoms with Crippen molar-refractivity contribution in [2.24, 2.45) is 0 Å². The third kappa shape index (κ3) is 2.17. The molecule has 2 heterocycles. The van der Waals surface area contributed by atoms with Crippen molar-refractivity contribution in [3.63, 3.8) is 0 Å². The molecule has 0 unspecified atom stereocenters. The molecule has 0 saturated carbocycles. The predicted molar refractivity (Wildman–Crippen MR) is 68.9 cm³/mol. The second-order valence-corrected chi connectivity index (χ2v) is 4.92. The third-order valence-corrected chi connectivity index (χ3v) is 3.67. The van der Waals surface area contributed by atoms with E-state index in [4.69, 9.17) is 9.47 Å². The number of nitrogens with zero attached hydrogens (tertiary/aromatic N) is 1. The molecule has 106 valence electrons. The topological polar surface area (TPSA) is 76.1 Å². The Labute approximate surface area is 115 Å². The lowest BCUT2D eigenvalue weighted by Gasteiger charge is -2.33. The molecule has 0 aromatic heterocycles. The number of fused-ring (bicyclic) bond motifs is 1. The summed E-state index contributed by atoms with van der Waals surface area (Å²) in [5, 5.41) is 9.22. The number of amides is 1. The van der Waals surface area contributed by atoms with Crippen LogP contribution in [0.3, 0.4) is 0 Å². The number of ether oxygens (including phenoxy) is 2. The Hall–Kier alpha value is -2.24. The summed E-state index contributed by atoms with van der Waals surface area (Å²) < 4.78 is 10.4. The van der Waals surface area contributed by atoms with Gasteiger partial charge in [-0.2, -0.15) is 0 Å². The van der Waals surface area contributed by atoms with E-state index < -0.39 is 12.0 Å². The van der Waals surface area contributed by atoms with E-state index in [-0.39, 0.29) is 12.7 Å². The molecule has 0 radical (unpaired) electrons. The molecule has 1 amide bonds. The van der Waals surface area contributed by atoms with Gasteiger partial charge in [0.05, 0.1) is 0 Å². The van der Waals surface area contributed by atoms with Crippen LogP contribution in [0.1, 0.15) is 29.6 Å². The predicted octanol–water partition coefficient (Wildman–Crippen LogP) is 1.49. The Morgan fingerprint density at radius 2 is 2.00 bits per heavy atom. The summed E-state index contributed by atoms with van der Waals surface area (Å²) >= 11 is 0. The highest BCUT2D eigenvalue weighted by Crippen LogP contribution is 2.33. The van der Waals surface area contributed by atoms with Crippen molar-refractivity contribution in [2.75, 3.05) is 13.3 Å². The van der Waals surface area contributed by atoms with Crippen LogP contribution in [0.15, 0.2) is 18.2 Å². The summed E-state index contributed by atoms with van der Waals surface area (Å²) in [5.74, 6) is -0.0797. The third-order valence-electron chi connectivity index (χ3n) is 3.67. The van der Waals surface area contributed by atoms with Gasteiger partial charge in [-0.25, -0.2) is 4.79 Å². The van der Waals surface area contributed by atoms with Gasteiger partial charge in [-0.05, 0) is 37.5 Å². The fraction of sp³-hybridized carbons (Fsp3) is 0.429. The molecule has 0 bridgehead atoms. The van der Waals surface area contributed by atoms with Gasteiger partial charge in [-0.15, -0.1) is 0 Å². The van der Waals surface area contributed by atoms with Gasteiger partial charge >= 0.3 is 5.97 Å². The van der Waals surface area contributed by atoms with Gasteiger partial charge in [0.25, 0.3) is 5.91 Å². The van der Waals surface area contributed by atoms with Crippen LogP contribution in [0.25, 0.3) is 0 Å². The molecule has 2 aliphatic heterocycles. The van der Waals surface area contributed by atoms with Gasteiger partial charge < -0.3 is 19.5 Å². The monoisotopic (exact) mass is 277 g/mol. The summed E-state index contributed by atoms with van der Waals surface area (Å²) in [4.78, 5) is 25.2. The number of carboxylic acids is 1. The molecule has 1 atom stereocenters. The van der Waals surface area contributed by atoms with Crippen LogP contribution in [0.4, 0.5) is 0 Å². The molecule has 6 heteroatoms. The molecule has 2 aliphatic rings. The van der Waals surface area contributed by atoms with Crippen molar-refractivity contribution < 1.29 is 24.2 Å². The highest BCUT2D eigenvalue weighted by Gasteiger charge is 2.32.